The first kappa shape index (κ1) is 19.4. The van der Waals surface area contributed by atoms with Crippen LogP contribution in [0, 0.1) is 10.1 Å². The Kier molecular flexibility index (Phi) is 4.41. The molecule has 30 heavy (non-hydrogen) atoms. The third kappa shape index (κ3) is 3.43. The molecule has 0 unspecified atom stereocenters. The topological polar surface area (TPSA) is 115 Å². The summed E-state index contributed by atoms with van der Waals surface area (Å²) < 4.78 is 39.3. The average Bonchev–Trinajstić information content (AvgIpc) is 3.05. The minimum atomic E-state index is -4.52. The van der Waals surface area contributed by atoms with Crippen LogP contribution in [0.3, 0.4) is 0 Å². The third-order valence-electron chi connectivity index (χ3n) is 4.68. The highest BCUT2D eigenvalue weighted by Crippen LogP contribution is 2.35. The van der Waals surface area contributed by atoms with Gasteiger partial charge in [-0.2, -0.15) is 13.2 Å². The van der Waals surface area contributed by atoms with E-state index < -0.39 is 22.6 Å². The molecule has 2 aromatic carbocycles. The zero-order valence-electron chi connectivity index (χ0n) is 15.2. The van der Waals surface area contributed by atoms with Crippen molar-refractivity contribution in [3.63, 3.8) is 0 Å². The number of nitrogens with one attached hydrogen (secondary N) is 1. The van der Waals surface area contributed by atoms with Crippen LogP contribution in [-0.4, -0.2) is 20.8 Å². The number of amides is 1. The number of alkyl halides is 3. The smallest absolute Gasteiger partial charge is 0.369 e. The van der Waals surface area contributed by atoms with Gasteiger partial charge < -0.3 is 10.7 Å². The zero-order chi connectivity index (χ0) is 21.6. The number of rotatable bonds is 4. The van der Waals surface area contributed by atoms with Crippen LogP contribution in [-0.2, 0) is 17.4 Å². The molecule has 7 nitrogen and oxygen atoms in total. The first-order valence-electron chi connectivity index (χ1n) is 8.69. The minimum absolute atomic E-state index is 0.136. The summed E-state index contributed by atoms with van der Waals surface area (Å²) in [6.45, 7) is 0. The molecule has 0 spiro atoms. The summed E-state index contributed by atoms with van der Waals surface area (Å²) in [6, 6.07) is 10.3. The molecule has 2 heterocycles. The highest BCUT2D eigenvalue weighted by molar-refractivity contribution is 6.07. The van der Waals surface area contributed by atoms with Crippen molar-refractivity contribution in [2.24, 2.45) is 5.73 Å². The van der Waals surface area contributed by atoms with E-state index in [1.807, 2.05) is 0 Å². The fourth-order valence-corrected chi connectivity index (χ4v) is 3.35. The van der Waals surface area contributed by atoms with Gasteiger partial charge in [-0.15, -0.1) is 0 Å². The first-order valence-corrected chi connectivity index (χ1v) is 8.69. The number of aromatic nitrogens is 2. The number of fused-ring (bicyclic) bond motifs is 3. The maximum absolute atomic E-state index is 13.1. The van der Waals surface area contributed by atoms with E-state index in [4.69, 9.17) is 5.73 Å². The molecular weight excluding hydrogens is 401 g/mol. The Labute approximate surface area is 166 Å². The summed E-state index contributed by atoms with van der Waals surface area (Å²) in [6.07, 6.45) is -4.70. The van der Waals surface area contributed by atoms with Crippen molar-refractivity contribution in [3.05, 3.63) is 69.8 Å². The Morgan fingerprint density at radius 3 is 2.60 bits per heavy atom. The van der Waals surface area contributed by atoms with E-state index >= 15 is 0 Å². The fourth-order valence-electron chi connectivity index (χ4n) is 3.35. The van der Waals surface area contributed by atoms with Crippen LogP contribution in [0.2, 0.25) is 0 Å². The lowest BCUT2D eigenvalue weighted by Crippen LogP contribution is -2.14. The largest absolute Gasteiger partial charge is 0.416 e. The van der Waals surface area contributed by atoms with Crippen molar-refractivity contribution >= 4 is 33.5 Å². The molecule has 10 heteroatoms. The van der Waals surface area contributed by atoms with E-state index in [1.165, 1.54) is 36.4 Å². The summed E-state index contributed by atoms with van der Waals surface area (Å²) in [7, 11) is 0. The van der Waals surface area contributed by atoms with E-state index in [0.29, 0.717) is 27.5 Å². The van der Waals surface area contributed by atoms with Crippen molar-refractivity contribution in [2.45, 2.75) is 12.6 Å². The standard InChI is InChI=1S/C20H13F3N4O3/c21-20(22,23)12-3-1-2-10(6-12)15-7-11(8-17(24)28)18-19(25-15)14-5-4-13(27(29)30)9-16(14)26-18/h1-7,9,26H,8H2,(H2,24,28). The lowest BCUT2D eigenvalue weighted by atomic mass is 10.0. The van der Waals surface area contributed by atoms with Crippen molar-refractivity contribution in [2.75, 3.05) is 0 Å². The number of nitro benzene ring substituents is 1. The number of pyridine rings is 1. The number of non-ortho nitro benzene ring substituents is 1. The summed E-state index contributed by atoms with van der Waals surface area (Å²) in [5.74, 6) is -0.637. The third-order valence-corrected chi connectivity index (χ3v) is 4.68. The van der Waals surface area contributed by atoms with Crippen LogP contribution in [0.4, 0.5) is 18.9 Å². The van der Waals surface area contributed by atoms with Crippen LogP contribution in [0.1, 0.15) is 11.1 Å². The first-order chi connectivity index (χ1) is 14.1. The number of halogens is 3. The zero-order valence-corrected chi connectivity index (χ0v) is 15.2. The van der Waals surface area contributed by atoms with Gasteiger partial charge in [0.1, 0.15) is 0 Å². The van der Waals surface area contributed by atoms with E-state index in [9.17, 15) is 28.1 Å². The Balaban J connectivity index is 1.98. The van der Waals surface area contributed by atoms with Gasteiger partial charge in [0, 0.05) is 23.1 Å². The van der Waals surface area contributed by atoms with Gasteiger partial charge in [0.15, 0.2) is 0 Å². The summed E-state index contributed by atoms with van der Waals surface area (Å²) >= 11 is 0. The van der Waals surface area contributed by atoms with E-state index in [2.05, 4.69) is 9.97 Å². The molecule has 0 atom stereocenters. The van der Waals surface area contributed by atoms with E-state index in [0.717, 1.165) is 12.1 Å². The number of nitro groups is 1. The molecule has 3 N–H and O–H groups in total. The van der Waals surface area contributed by atoms with Crippen LogP contribution < -0.4 is 5.73 Å². The molecule has 152 valence electrons. The molecule has 0 aliphatic heterocycles. The summed E-state index contributed by atoms with van der Waals surface area (Å²) in [4.78, 5) is 29.5. The van der Waals surface area contributed by atoms with Crippen molar-refractivity contribution in [3.8, 4) is 11.3 Å². The number of aromatic amines is 1. The monoisotopic (exact) mass is 414 g/mol. The van der Waals surface area contributed by atoms with Gasteiger partial charge in [0.2, 0.25) is 5.91 Å². The van der Waals surface area contributed by atoms with Gasteiger partial charge in [-0.1, -0.05) is 12.1 Å². The molecule has 2 aromatic heterocycles. The van der Waals surface area contributed by atoms with Crippen LogP contribution >= 0.6 is 0 Å². The number of carbonyl (C=O) groups is 1. The van der Waals surface area contributed by atoms with Gasteiger partial charge in [-0.05, 0) is 29.8 Å². The van der Waals surface area contributed by atoms with Gasteiger partial charge in [-0.25, -0.2) is 4.98 Å². The number of hydrogen-bond acceptors (Lipinski definition) is 4. The molecule has 0 radical (unpaired) electrons. The molecule has 0 bridgehead atoms. The molecular formula is C20H13F3N4O3. The van der Waals surface area contributed by atoms with Crippen molar-refractivity contribution in [1.29, 1.82) is 0 Å². The number of nitrogens with two attached hydrogens (primary N) is 1. The average molecular weight is 414 g/mol. The Bertz CT molecular complexity index is 1330. The van der Waals surface area contributed by atoms with Gasteiger partial charge in [0.05, 0.1) is 39.2 Å². The lowest BCUT2D eigenvalue weighted by Gasteiger charge is -2.10. The van der Waals surface area contributed by atoms with Crippen molar-refractivity contribution < 1.29 is 22.9 Å². The second kappa shape index (κ2) is 6.83. The second-order valence-electron chi connectivity index (χ2n) is 6.72. The second-order valence-corrected chi connectivity index (χ2v) is 6.72. The quantitative estimate of drug-likeness (QED) is 0.382. The Morgan fingerprint density at radius 2 is 1.93 bits per heavy atom. The number of carbonyl (C=O) groups excluding carboxylic acids is 1. The van der Waals surface area contributed by atoms with E-state index in [1.54, 1.807) is 0 Å². The number of H-pyrrole nitrogens is 1. The van der Waals surface area contributed by atoms with Gasteiger partial charge in [0.25, 0.3) is 5.69 Å². The Hall–Kier alpha value is -3.95. The molecule has 4 aromatic rings. The number of primary amides is 1. The van der Waals surface area contributed by atoms with E-state index in [-0.39, 0.29) is 23.4 Å². The number of benzene rings is 2. The normalized spacial score (nSPS) is 11.8. The molecule has 0 fully saturated rings. The fraction of sp³-hybridized carbons (Fsp3) is 0.100. The molecule has 4 rings (SSSR count). The van der Waals surface area contributed by atoms with Crippen LogP contribution in [0.5, 0.6) is 0 Å². The summed E-state index contributed by atoms with van der Waals surface area (Å²) in [5, 5.41) is 11.6. The highest BCUT2D eigenvalue weighted by Gasteiger charge is 2.30. The number of nitrogens with zero attached hydrogens (tertiary/aromatic N) is 2. The molecule has 0 aliphatic carbocycles. The molecule has 0 saturated carbocycles. The minimum Gasteiger partial charge on any atom is -0.369 e. The maximum atomic E-state index is 13.1. The summed E-state index contributed by atoms with van der Waals surface area (Å²) in [5.41, 5.74) is 6.48. The predicted octanol–water partition coefficient (Wildman–Crippen LogP) is 4.34. The lowest BCUT2D eigenvalue weighted by molar-refractivity contribution is -0.384. The maximum Gasteiger partial charge on any atom is 0.416 e. The van der Waals surface area contributed by atoms with Crippen LogP contribution in [0.15, 0.2) is 48.5 Å². The molecule has 1 amide bonds. The molecule has 0 aliphatic rings. The SMILES string of the molecule is NC(=O)Cc1cc(-c2cccc(C(F)(F)F)c2)nc2c1[nH]c1cc([N+](=O)[O-])ccc12. The van der Waals surface area contributed by atoms with Gasteiger partial charge in [-0.3, -0.25) is 14.9 Å². The van der Waals surface area contributed by atoms with Crippen LogP contribution in [0.25, 0.3) is 33.2 Å². The Morgan fingerprint density at radius 1 is 1.17 bits per heavy atom. The van der Waals surface area contributed by atoms with Crippen molar-refractivity contribution in [1.82, 2.24) is 9.97 Å². The van der Waals surface area contributed by atoms with Gasteiger partial charge >= 0.3 is 6.18 Å². The highest BCUT2D eigenvalue weighted by atomic mass is 19.4. The number of hydrogen-bond donors (Lipinski definition) is 2. The molecule has 0 saturated heterocycles. The predicted molar refractivity (Wildman–Crippen MR) is 104 cm³/mol.